The maximum absolute atomic E-state index is 10.9. The Morgan fingerprint density at radius 2 is 1.94 bits per heavy atom. The number of hydrogen-bond acceptors (Lipinski definition) is 5. The first kappa shape index (κ1) is 17.1. The molecule has 0 atom stereocenters. The first-order chi connectivity index (χ1) is 8.06. The van der Waals surface area contributed by atoms with Gasteiger partial charge in [0.15, 0.2) is 0 Å². The number of hydrogen-bond donors (Lipinski definition) is 3. The Labute approximate surface area is 146 Å². The Kier molecular flexibility index (Phi) is 7.79. The zero-order valence-corrected chi connectivity index (χ0v) is 13.2. The van der Waals surface area contributed by atoms with Crippen LogP contribution in [0.5, 0.6) is 0 Å². The van der Waals surface area contributed by atoms with Gasteiger partial charge < -0.3 is 21.0 Å². The van der Waals surface area contributed by atoms with Crippen LogP contribution in [-0.2, 0) is 4.79 Å². The summed E-state index contributed by atoms with van der Waals surface area (Å²) in [6.45, 7) is 0. The third-order valence-corrected chi connectivity index (χ3v) is 1.92. The number of carboxylic acid groups (broad SMARTS) is 1. The molecule has 0 saturated heterocycles. The Hall–Kier alpha value is -0.934. The first-order valence-corrected chi connectivity index (χ1v) is 4.68. The minimum Gasteiger partial charge on any atom is -0.543 e. The van der Waals surface area contributed by atoms with E-state index in [1.54, 1.807) is 25.2 Å². The van der Waals surface area contributed by atoms with Crippen LogP contribution in [0, 0.1) is 0 Å². The molecule has 0 bridgehead atoms. The molecule has 1 rings (SSSR count). The number of rotatable bonds is 4. The van der Waals surface area contributed by atoms with Crippen molar-refractivity contribution in [3.8, 4) is 0 Å². The van der Waals surface area contributed by atoms with Gasteiger partial charge in [-0.1, -0.05) is 18.2 Å². The van der Waals surface area contributed by atoms with Crippen LogP contribution >= 0.6 is 0 Å². The molecule has 7 nitrogen and oxygen atoms in total. The summed E-state index contributed by atoms with van der Waals surface area (Å²) in [5.74, 6) is -1.51. The number of aliphatic carboxylic acids is 1. The number of nitrogens with one attached hydrogen (secondary N) is 2. The number of carboxylic acids is 1. The minimum atomic E-state index is -1.51. The molecule has 0 aliphatic rings. The summed E-state index contributed by atoms with van der Waals surface area (Å²) in [5.41, 5.74) is 7.09. The summed E-state index contributed by atoms with van der Waals surface area (Å²) in [4.78, 5) is 21.4. The van der Waals surface area contributed by atoms with Crippen LogP contribution in [0.2, 0.25) is 0 Å². The maximum atomic E-state index is 10.9. The van der Waals surface area contributed by atoms with Gasteiger partial charge in [0.2, 0.25) is 0 Å². The van der Waals surface area contributed by atoms with E-state index >= 15 is 0 Å². The van der Waals surface area contributed by atoms with Crippen molar-refractivity contribution in [3.05, 3.63) is 29.8 Å². The molecule has 0 fully saturated rings. The van der Waals surface area contributed by atoms with Crippen molar-refractivity contribution >= 4 is 23.4 Å². The van der Waals surface area contributed by atoms with Gasteiger partial charge in [-0.15, -0.1) is 0 Å². The number of para-hydroxylation sites is 1. The molecule has 1 aromatic rings. The summed E-state index contributed by atoms with van der Waals surface area (Å²) in [6, 6.07) is 5.61. The van der Waals surface area contributed by atoms with Crippen LogP contribution in [0.3, 0.4) is 0 Å². The second-order valence-corrected chi connectivity index (χ2v) is 3.02. The topological polar surface area (TPSA) is 120 Å². The fraction of sp³-hybridized carbons (Fsp3) is 0.100. The van der Waals surface area contributed by atoms with Crippen molar-refractivity contribution in [2.75, 3.05) is 12.4 Å². The number of hydrazone groups is 1. The molecule has 0 aliphatic heterocycles. The van der Waals surface area contributed by atoms with Gasteiger partial charge in [0, 0.05) is 18.3 Å². The molecule has 90 valence electrons. The van der Waals surface area contributed by atoms with E-state index in [4.69, 9.17) is 5.73 Å². The predicted octanol–water partition coefficient (Wildman–Crippen LogP) is -4.15. The summed E-state index contributed by atoms with van der Waals surface area (Å²) in [5, 5.41) is 17.1. The zero-order valence-electron chi connectivity index (χ0n) is 10.1. The quantitative estimate of drug-likeness (QED) is 0.293. The molecule has 0 radical (unpaired) electrons. The normalized spacial score (nSPS) is 10.2. The summed E-state index contributed by atoms with van der Waals surface area (Å²) in [6.07, 6.45) is 0. The Morgan fingerprint density at radius 1 is 1.33 bits per heavy atom. The van der Waals surface area contributed by atoms with E-state index in [1.807, 2.05) is 5.43 Å². The molecule has 1 aromatic carbocycles. The molecule has 0 aromatic heterocycles. The fourth-order valence-electron chi connectivity index (χ4n) is 1.23. The van der Waals surface area contributed by atoms with Gasteiger partial charge in [-0.25, -0.2) is 10.2 Å². The monoisotopic (exact) mass is 274 g/mol. The van der Waals surface area contributed by atoms with Crippen LogP contribution < -0.4 is 73.0 Å². The van der Waals surface area contributed by atoms with Gasteiger partial charge in [-0.3, -0.25) is 0 Å². The third kappa shape index (κ3) is 4.74. The second-order valence-electron chi connectivity index (χ2n) is 3.02. The van der Waals surface area contributed by atoms with Crippen molar-refractivity contribution in [1.29, 1.82) is 0 Å². The molecule has 0 spiro atoms. The van der Waals surface area contributed by atoms with E-state index < -0.39 is 17.7 Å². The number of nitrogens with zero attached hydrogens (tertiary/aromatic N) is 1. The van der Waals surface area contributed by atoms with Gasteiger partial charge in [0.1, 0.15) is 5.71 Å². The number of nitrogens with two attached hydrogens (primary N) is 1. The fourth-order valence-corrected chi connectivity index (χ4v) is 1.23. The van der Waals surface area contributed by atoms with E-state index in [9.17, 15) is 14.7 Å². The number of carbonyl (C=O) groups excluding carboxylic acids is 2. The third-order valence-electron chi connectivity index (χ3n) is 1.92. The van der Waals surface area contributed by atoms with E-state index in [-0.39, 0.29) is 51.4 Å². The molecule has 0 saturated carbocycles. The van der Waals surface area contributed by atoms with Gasteiger partial charge in [-0.05, 0) is 6.07 Å². The van der Waals surface area contributed by atoms with Crippen LogP contribution in [0.25, 0.3) is 0 Å². The van der Waals surface area contributed by atoms with Crippen LogP contribution in [0.4, 0.5) is 10.5 Å². The molecule has 18 heavy (non-hydrogen) atoms. The van der Waals surface area contributed by atoms with E-state index in [2.05, 4.69) is 10.4 Å². The SMILES string of the molecule is CNc1ccccc1C(=NNC(N)=O)C(=O)[O-].[K+]. The molecule has 0 unspecified atom stereocenters. The molecular formula is C10H11KN4O3. The summed E-state index contributed by atoms with van der Waals surface area (Å²) in [7, 11) is 1.63. The zero-order chi connectivity index (χ0) is 12.8. The summed E-state index contributed by atoms with van der Waals surface area (Å²) >= 11 is 0. The summed E-state index contributed by atoms with van der Waals surface area (Å²) < 4.78 is 0. The van der Waals surface area contributed by atoms with Crippen molar-refractivity contribution in [2.24, 2.45) is 10.8 Å². The number of anilines is 1. The van der Waals surface area contributed by atoms with E-state index in [0.29, 0.717) is 11.3 Å². The number of primary amides is 1. The van der Waals surface area contributed by atoms with Crippen molar-refractivity contribution in [3.63, 3.8) is 0 Å². The Morgan fingerprint density at radius 3 is 2.44 bits per heavy atom. The molecule has 4 N–H and O–H groups in total. The van der Waals surface area contributed by atoms with Gasteiger partial charge >= 0.3 is 57.4 Å². The molecule has 0 heterocycles. The van der Waals surface area contributed by atoms with Crippen molar-refractivity contribution in [1.82, 2.24) is 5.43 Å². The van der Waals surface area contributed by atoms with Crippen molar-refractivity contribution in [2.45, 2.75) is 0 Å². The first-order valence-electron chi connectivity index (χ1n) is 4.68. The predicted molar refractivity (Wildman–Crippen MR) is 60.3 cm³/mol. The number of urea groups is 1. The standard InChI is InChI=1S/C10H12N4O3.K/c1-12-7-5-3-2-4-6(7)8(9(15)16)13-14-10(11)17;/h2-5,12H,1H3,(H,15,16)(H3,11,14,17);/q;+1/p-1. The Balaban J connectivity index is 0.00000289. The number of benzene rings is 1. The average Bonchev–Trinajstić information content (AvgIpc) is 2.29. The van der Waals surface area contributed by atoms with Crippen LogP contribution in [0.15, 0.2) is 29.4 Å². The smallest absolute Gasteiger partial charge is 0.543 e. The molecular weight excluding hydrogens is 263 g/mol. The number of amides is 2. The van der Waals surface area contributed by atoms with E-state index in [1.165, 1.54) is 6.07 Å². The second kappa shape index (κ2) is 8.22. The molecule has 0 aliphatic carbocycles. The van der Waals surface area contributed by atoms with Gasteiger partial charge in [0.05, 0.1) is 5.97 Å². The Bertz CT molecular complexity index is 476. The molecule has 8 heteroatoms. The van der Waals surface area contributed by atoms with Crippen LogP contribution in [0.1, 0.15) is 5.56 Å². The largest absolute Gasteiger partial charge is 1.00 e. The van der Waals surface area contributed by atoms with Crippen molar-refractivity contribution < 1.29 is 66.1 Å². The maximum Gasteiger partial charge on any atom is 1.00 e. The van der Waals surface area contributed by atoms with Gasteiger partial charge in [-0.2, -0.15) is 5.10 Å². The van der Waals surface area contributed by atoms with Gasteiger partial charge in [0.25, 0.3) is 0 Å². The van der Waals surface area contributed by atoms with E-state index in [0.717, 1.165) is 0 Å². The average molecular weight is 274 g/mol. The number of carbonyl (C=O) groups is 2. The minimum absolute atomic E-state index is 0. The van der Waals surface area contributed by atoms with Crippen LogP contribution in [-0.4, -0.2) is 24.8 Å². The molecule has 2 amide bonds.